The molecule has 9 heteroatoms. The number of hydrogen-bond acceptors (Lipinski definition) is 8. The number of carbonyl (C=O) groups excluding carboxylic acids is 1. The number of rotatable bonds is 5. The van der Waals surface area contributed by atoms with E-state index >= 15 is 0 Å². The van der Waals surface area contributed by atoms with Crippen LogP contribution in [0.15, 0.2) is 10.7 Å². The van der Waals surface area contributed by atoms with E-state index in [1.54, 1.807) is 0 Å². The molecule has 3 heterocycles. The van der Waals surface area contributed by atoms with Crippen molar-refractivity contribution in [2.24, 2.45) is 0 Å². The number of anilines is 1. The molecule has 0 N–H and O–H groups in total. The summed E-state index contributed by atoms with van der Waals surface area (Å²) < 4.78 is 4.76. The van der Waals surface area contributed by atoms with Crippen LogP contribution in [0, 0.1) is 6.92 Å². The topological polar surface area (TPSA) is 91.5 Å². The second-order valence-corrected chi connectivity index (χ2v) is 7.39. The smallest absolute Gasteiger partial charge is 0.272 e. The zero-order valence-electron chi connectivity index (χ0n) is 16.6. The van der Waals surface area contributed by atoms with Crippen LogP contribution in [0.25, 0.3) is 0 Å². The Morgan fingerprint density at radius 1 is 1.19 bits per heavy atom. The Labute approximate surface area is 159 Å². The van der Waals surface area contributed by atoms with Crippen molar-refractivity contribution in [3.63, 3.8) is 0 Å². The summed E-state index contributed by atoms with van der Waals surface area (Å²) in [5, 5.41) is 7.75. The maximum Gasteiger partial charge on any atom is 0.272 e. The normalized spacial score (nSPS) is 15.4. The lowest BCUT2D eigenvalue weighted by atomic mass is 10.1. The van der Waals surface area contributed by atoms with Gasteiger partial charge in [0.25, 0.3) is 5.91 Å². The van der Waals surface area contributed by atoms with E-state index in [0.29, 0.717) is 31.3 Å². The molecular weight excluding hydrogens is 346 g/mol. The Hall–Kier alpha value is -2.55. The Bertz CT molecular complexity index is 769. The highest BCUT2D eigenvalue weighted by atomic mass is 16.6. The van der Waals surface area contributed by atoms with E-state index in [4.69, 9.17) is 4.63 Å². The van der Waals surface area contributed by atoms with Gasteiger partial charge in [0.15, 0.2) is 0 Å². The van der Waals surface area contributed by atoms with Crippen molar-refractivity contribution in [2.75, 3.05) is 45.2 Å². The molecule has 1 aliphatic rings. The molecule has 0 aromatic carbocycles. The number of carbonyl (C=O) groups is 1. The van der Waals surface area contributed by atoms with Gasteiger partial charge < -0.3 is 9.80 Å². The predicted molar refractivity (Wildman–Crippen MR) is 101 cm³/mol. The zero-order valence-corrected chi connectivity index (χ0v) is 16.6. The molecular formula is C18H27N7O2. The van der Waals surface area contributed by atoms with Crippen molar-refractivity contribution in [3.8, 4) is 0 Å². The molecule has 1 fully saturated rings. The first-order chi connectivity index (χ1) is 12.8. The van der Waals surface area contributed by atoms with Gasteiger partial charge in [-0.05, 0) is 18.9 Å². The maximum absolute atomic E-state index is 13.0. The van der Waals surface area contributed by atoms with E-state index in [1.165, 1.54) is 0 Å². The number of nitrogens with zero attached hydrogens (tertiary/aromatic N) is 7. The standard InChI is InChI=1S/C18H27N7O2/c1-12(2)14-10-15(20-18(19-14)23(4)5)17(26)25-8-6-24(7-9-25)11-16-13(3)21-27-22-16/h10,12H,6-9,11H2,1-5H3. The second-order valence-electron chi connectivity index (χ2n) is 7.39. The molecule has 0 atom stereocenters. The molecule has 0 bridgehead atoms. The lowest BCUT2D eigenvalue weighted by Gasteiger charge is -2.34. The van der Waals surface area contributed by atoms with Gasteiger partial charge in [-0.1, -0.05) is 24.2 Å². The molecule has 146 valence electrons. The summed E-state index contributed by atoms with van der Waals surface area (Å²) in [7, 11) is 3.76. The largest absolute Gasteiger partial charge is 0.347 e. The molecule has 1 saturated heterocycles. The summed E-state index contributed by atoms with van der Waals surface area (Å²) in [4.78, 5) is 27.9. The summed E-state index contributed by atoms with van der Waals surface area (Å²) in [6, 6.07) is 1.82. The molecule has 0 radical (unpaired) electrons. The lowest BCUT2D eigenvalue weighted by Crippen LogP contribution is -2.48. The fourth-order valence-corrected chi connectivity index (χ4v) is 2.93. The van der Waals surface area contributed by atoms with E-state index in [9.17, 15) is 4.79 Å². The van der Waals surface area contributed by atoms with Crippen LogP contribution < -0.4 is 4.90 Å². The van der Waals surface area contributed by atoms with Crippen molar-refractivity contribution in [3.05, 3.63) is 28.8 Å². The minimum Gasteiger partial charge on any atom is -0.347 e. The van der Waals surface area contributed by atoms with Gasteiger partial charge in [0.05, 0.1) is 0 Å². The summed E-state index contributed by atoms with van der Waals surface area (Å²) in [5.74, 6) is 0.757. The number of hydrogen-bond donors (Lipinski definition) is 0. The van der Waals surface area contributed by atoms with E-state index in [-0.39, 0.29) is 11.8 Å². The van der Waals surface area contributed by atoms with Crippen LogP contribution in [0.2, 0.25) is 0 Å². The van der Waals surface area contributed by atoms with E-state index in [1.807, 2.05) is 36.9 Å². The quantitative estimate of drug-likeness (QED) is 0.775. The fourth-order valence-electron chi connectivity index (χ4n) is 2.93. The lowest BCUT2D eigenvalue weighted by molar-refractivity contribution is 0.0619. The molecule has 0 unspecified atom stereocenters. The van der Waals surface area contributed by atoms with Gasteiger partial charge in [0.2, 0.25) is 5.95 Å². The van der Waals surface area contributed by atoms with Gasteiger partial charge in [-0.3, -0.25) is 9.69 Å². The van der Waals surface area contributed by atoms with Crippen molar-refractivity contribution < 1.29 is 9.42 Å². The minimum atomic E-state index is -0.0404. The van der Waals surface area contributed by atoms with Crippen LogP contribution in [-0.4, -0.2) is 76.3 Å². The van der Waals surface area contributed by atoms with E-state index in [0.717, 1.165) is 30.2 Å². The first kappa shape index (κ1) is 19.2. The Morgan fingerprint density at radius 2 is 1.89 bits per heavy atom. The second kappa shape index (κ2) is 7.99. The third-order valence-electron chi connectivity index (χ3n) is 4.72. The van der Waals surface area contributed by atoms with Gasteiger partial charge in [0, 0.05) is 52.5 Å². The SMILES string of the molecule is Cc1nonc1CN1CCN(C(=O)c2cc(C(C)C)nc(N(C)C)n2)CC1. The van der Waals surface area contributed by atoms with Gasteiger partial charge in [-0.25, -0.2) is 14.6 Å². The summed E-state index contributed by atoms with van der Waals surface area (Å²) in [6.45, 7) is 9.57. The third kappa shape index (κ3) is 4.41. The Kier molecular flexibility index (Phi) is 5.69. The number of amides is 1. The molecule has 9 nitrogen and oxygen atoms in total. The molecule has 0 saturated carbocycles. The fraction of sp³-hybridized carbons (Fsp3) is 0.611. The molecule has 3 rings (SSSR count). The summed E-state index contributed by atoms with van der Waals surface area (Å²) in [6.07, 6.45) is 0. The van der Waals surface area contributed by atoms with Crippen molar-refractivity contribution in [1.29, 1.82) is 0 Å². The van der Waals surface area contributed by atoms with Gasteiger partial charge in [0.1, 0.15) is 17.1 Å². The molecule has 27 heavy (non-hydrogen) atoms. The molecule has 2 aromatic rings. The Balaban J connectivity index is 1.67. The average Bonchev–Trinajstić information content (AvgIpc) is 3.06. The average molecular weight is 373 g/mol. The third-order valence-corrected chi connectivity index (χ3v) is 4.72. The molecule has 0 spiro atoms. The van der Waals surface area contributed by atoms with Gasteiger partial charge >= 0.3 is 0 Å². The number of aryl methyl sites for hydroxylation is 1. The first-order valence-corrected chi connectivity index (χ1v) is 9.21. The van der Waals surface area contributed by atoms with Crippen molar-refractivity contribution >= 4 is 11.9 Å². The zero-order chi connectivity index (χ0) is 19.6. The maximum atomic E-state index is 13.0. The van der Waals surface area contributed by atoms with Crippen LogP contribution in [0.1, 0.15) is 47.3 Å². The van der Waals surface area contributed by atoms with Crippen LogP contribution in [0.3, 0.4) is 0 Å². The van der Waals surface area contributed by atoms with Crippen LogP contribution in [0.4, 0.5) is 5.95 Å². The summed E-state index contributed by atoms with van der Waals surface area (Å²) >= 11 is 0. The Morgan fingerprint density at radius 3 is 2.44 bits per heavy atom. The monoisotopic (exact) mass is 373 g/mol. The summed E-state index contributed by atoms with van der Waals surface area (Å²) in [5.41, 5.74) is 3.00. The molecule has 1 aliphatic heterocycles. The highest BCUT2D eigenvalue weighted by Gasteiger charge is 2.25. The van der Waals surface area contributed by atoms with Crippen LogP contribution in [0.5, 0.6) is 0 Å². The first-order valence-electron chi connectivity index (χ1n) is 9.21. The van der Waals surface area contributed by atoms with Crippen molar-refractivity contribution in [1.82, 2.24) is 30.1 Å². The number of piperazine rings is 1. The highest BCUT2D eigenvalue weighted by molar-refractivity contribution is 5.92. The van der Waals surface area contributed by atoms with Crippen LogP contribution >= 0.6 is 0 Å². The van der Waals surface area contributed by atoms with Gasteiger partial charge in [-0.2, -0.15) is 0 Å². The van der Waals surface area contributed by atoms with Crippen molar-refractivity contribution in [2.45, 2.75) is 33.2 Å². The van der Waals surface area contributed by atoms with E-state index < -0.39 is 0 Å². The van der Waals surface area contributed by atoms with E-state index in [2.05, 4.69) is 39.0 Å². The van der Waals surface area contributed by atoms with Gasteiger partial charge in [-0.15, -0.1) is 0 Å². The predicted octanol–water partition coefficient (Wildman–Crippen LogP) is 1.32. The molecule has 2 aromatic heterocycles. The molecule has 1 amide bonds. The minimum absolute atomic E-state index is 0.0404. The number of aromatic nitrogens is 4. The van der Waals surface area contributed by atoms with Crippen LogP contribution in [-0.2, 0) is 6.54 Å². The molecule has 0 aliphatic carbocycles. The highest BCUT2D eigenvalue weighted by Crippen LogP contribution is 2.18.